The van der Waals surface area contributed by atoms with Crippen LogP contribution in [0.4, 0.5) is 0 Å². The molecular formula is C12H16O4. The van der Waals surface area contributed by atoms with E-state index in [9.17, 15) is 5.11 Å². The van der Waals surface area contributed by atoms with Gasteiger partial charge >= 0.3 is 0 Å². The first kappa shape index (κ1) is 11.1. The Morgan fingerprint density at radius 1 is 1.38 bits per heavy atom. The Kier molecular flexibility index (Phi) is 2.68. The summed E-state index contributed by atoms with van der Waals surface area (Å²) in [5, 5.41) is 9.39. The summed E-state index contributed by atoms with van der Waals surface area (Å²) in [5.41, 5.74) is 0.550. The fourth-order valence-corrected chi connectivity index (χ4v) is 1.77. The maximum Gasteiger partial charge on any atom is 0.231 e. The van der Waals surface area contributed by atoms with Crippen LogP contribution in [0.25, 0.3) is 0 Å². The summed E-state index contributed by atoms with van der Waals surface area (Å²) >= 11 is 0. The number of rotatable bonds is 3. The molecule has 16 heavy (non-hydrogen) atoms. The maximum absolute atomic E-state index is 9.39. The fraction of sp³-hybridized carbons (Fsp3) is 0.500. The van der Waals surface area contributed by atoms with Gasteiger partial charge in [0.15, 0.2) is 11.5 Å². The van der Waals surface area contributed by atoms with Crippen LogP contribution in [-0.4, -0.2) is 25.6 Å². The van der Waals surface area contributed by atoms with Gasteiger partial charge in [0.25, 0.3) is 0 Å². The lowest BCUT2D eigenvalue weighted by atomic mass is 9.84. The van der Waals surface area contributed by atoms with Gasteiger partial charge in [-0.05, 0) is 6.07 Å². The second-order valence-electron chi connectivity index (χ2n) is 4.42. The van der Waals surface area contributed by atoms with Gasteiger partial charge in [0, 0.05) is 11.0 Å². The van der Waals surface area contributed by atoms with Gasteiger partial charge in [-0.3, -0.25) is 0 Å². The van der Waals surface area contributed by atoms with E-state index in [1.54, 1.807) is 7.11 Å². The van der Waals surface area contributed by atoms with Crippen molar-refractivity contribution >= 4 is 0 Å². The minimum atomic E-state index is -0.369. The molecule has 0 saturated heterocycles. The van der Waals surface area contributed by atoms with Crippen molar-refractivity contribution in [2.75, 3.05) is 20.5 Å². The average Bonchev–Trinajstić information content (AvgIpc) is 2.75. The zero-order valence-electron chi connectivity index (χ0n) is 9.74. The van der Waals surface area contributed by atoms with E-state index in [2.05, 4.69) is 0 Å². The Labute approximate surface area is 94.8 Å². The Hall–Kier alpha value is -1.42. The van der Waals surface area contributed by atoms with Crippen LogP contribution in [0.1, 0.15) is 19.4 Å². The Bertz CT molecular complexity index is 398. The highest BCUT2D eigenvalue weighted by Crippen LogP contribution is 2.46. The third-order valence-corrected chi connectivity index (χ3v) is 2.82. The van der Waals surface area contributed by atoms with Gasteiger partial charge in [0.05, 0.1) is 13.7 Å². The number of aliphatic hydroxyl groups is 1. The van der Waals surface area contributed by atoms with Gasteiger partial charge in [-0.15, -0.1) is 0 Å². The first-order valence-corrected chi connectivity index (χ1v) is 5.18. The number of benzene rings is 1. The molecule has 1 N–H and O–H groups in total. The molecule has 0 saturated carbocycles. The summed E-state index contributed by atoms with van der Waals surface area (Å²) in [6.45, 7) is 4.16. The summed E-state index contributed by atoms with van der Waals surface area (Å²) in [7, 11) is 1.59. The molecule has 4 heteroatoms. The zero-order valence-corrected chi connectivity index (χ0v) is 9.74. The van der Waals surface area contributed by atoms with Crippen molar-refractivity contribution in [3.8, 4) is 17.2 Å². The van der Waals surface area contributed by atoms with Crippen molar-refractivity contribution in [1.29, 1.82) is 0 Å². The molecule has 0 fully saturated rings. The van der Waals surface area contributed by atoms with Crippen molar-refractivity contribution in [2.24, 2.45) is 0 Å². The lowest BCUT2D eigenvalue weighted by molar-refractivity contribution is 0.170. The van der Waals surface area contributed by atoms with Crippen molar-refractivity contribution in [3.05, 3.63) is 17.7 Å². The number of hydrogen-bond acceptors (Lipinski definition) is 4. The number of hydrogen-bond donors (Lipinski definition) is 1. The Balaban J connectivity index is 2.55. The molecule has 0 amide bonds. The SMILES string of the molecule is COc1c(C(C)(C)CO)ccc2c1OCO2. The highest BCUT2D eigenvalue weighted by atomic mass is 16.7. The summed E-state index contributed by atoms with van der Waals surface area (Å²) < 4.78 is 16.0. The van der Waals surface area contributed by atoms with Gasteiger partial charge in [-0.1, -0.05) is 19.9 Å². The lowest BCUT2D eigenvalue weighted by Gasteiger charge is -2.25. The monoisotopic (exact) mass is 224 g/mol. The van der Waals surface area contributed by atoms with Crippen LogP contribution in [0.2, 0.25) is 0 Å². The van der Waals surface area contributed by atoms with Gasteiger partial charge in [0.2, 0.25) is 12.5 Å². The minimum Gasteiger partial charge on any atom is -0.492 e. The number of fused-ring (bicyclic) bond motifs is 1. The van der Waals surface area contributed by atoms with Crippen LogP contribution in [-0.2, 0) is 5.41 Å². The molecule has 1 aliphatic rings. The van der Waals surface area contributed by atoms with E-state index in [-0.39, 0.29) is 18.8 Å². The van der Waals surface area contributed by atoms with Gasteiger partial charge < -0.3 is 19.3 Å². The highest BCUT2D eigenvalue weighted by molar-refractivity contribution is 5.58. The number of methoxy groups -OCH3 is 1. The normalized spacial score (nSPS) is 14.0. The predicted octanol–water partition coefficient (Wildman–Crippen LogP) is 1.69. The largest absolute Gasteiger partial charge is 0.492 e. The van der Waals surface area contributed by atoms with Crippen molar-refractivity contribution in [3.63, 3.8) is 0 Å². The topological polar surface area (TPSA) is 47.9 Å². The van der Waals surface area contributed by atoms with E-state index < -0.39 is 0 Å². The fourth-order valence-electron chi connectivity index (χ4n) is 1.77. The van der Waals surface area contributed by atoms with E-state index in [0.717, 1.165) is 5.56 Å². The quantitative estimate of drug-likeness (QED) is 0.848. The average molecular weight is 224 g/mol. The standard InChI is InChI=1S/C12H16O4/c1-12(2,6-13)8-4-5-9-11(10(8)14-3)16-7-15-9/h4-5,13H,6-7H2,1-3H3. The molecule has 0 spiro atoms. The number of ether oxygens (including phenoxy) is 3. The molecule has 88 valence electrons. The van der Waals surface area contributed by atoms with E-state index in [1.807, 2.05) is 26.0 Å². The third-order valence-electron chi connectivity index (χ3n) is 2.82. The molecule has 1 aliphatic heterocycles. The van der Waals surface area contributed by atoms with E-state index in [1.165, 1.54) is 0 Å². The Morgan fingerprint density at radius 2 is 2.12 bits per heavy atom. The van der Waals surface area contributed by atoms with Crippen molar-refractivity contribution < 1.29 is 19.3 Å². The molecule has 0 atom stereocenters. The van der Waals surface area contributed by atoms with Crippen LogP contribution in [0.5, 0.6) is 17.2 Å². The minimum absolute atomic E-state index is 0.0446. The second kappa shape index (κ2) is 3.87. The highest BCUT2D eigenvalue weighted by Gasteiger charge is 2.29. The third kappa shape index (κ3) is 1.59. The molecule has 0 unspecified atom stereocenters. The second-order valence-corrected chi connectivity index (χ2v) is 4.42. The van der Waals surface area contributed by atoms with Crippen molar-refractivity contribution in [1.82, 2.24) is 0 Å². The van der Waals surface area contributed by atoms with Crippen molar-refractivity contribution in [2.45, 2.75) is 19.3 Å². The van der Waals surface area contributed by atoms with Crippen LogP contribution in [0, 0.1) is 0 Å². The Morgan fingerprint density at radius 3 is 2.75 bits per heavy atom. The lowest BCUT2D eigenvalue weighted by Crippen LogP contribution is -2.22. The summed E-state index contributed by atoms with van der Waals surface area (Å²) in [4.78, 5) is 0. The molecule has 1 aromatic rings. The summed E-state index contributed by atoms with van der Waals surface area (Å²) in [5.74, 6) is 1.96. The van der Waals surface area contributed by atoms with Crippen LogP contribution in [0.15, 0.2) is 12.1 Å². The molecule has 0 aliphatic carbocycles. The van der Waals surface area contributed by atoms with Gasteiger partial charge in [-0.25, -0.2) is 0 Å². The zero-order chi connectivity index (χ0) is 11.8. The smallest absolute Gasteiger partial charge is 0.231 e. The first-order valence-electron chi connectivity index (χ1n) is 5.18. The van der Waals surface area contributed by atoms with Crippen LogP contribution < -0.4 is 14.2 Å². The molecule has 2 rings (SSSR count). The molecule has 4 nitrogen and oxygen atoms in total. The molecule has 1 heterocycles. The molecule has 0 radical (unpaired) electrons. The van der Waals surface area contributed by atoms with Crippen LogP contribution in [0.3, 0.4) is 0 Å². The molecule has 1 aromatic carbocycles. The molecular weight excluding hydrogens is 208 g/mol. The van der Waals surface area contributed by atoms with E-state index in [4.69, 9.17) is 14.2 Å². The summed E-state index contributed by atoms with van der Waals surface area (Å²) in [6.07, 6.45) is 0. The summed E-state index contributed by atoms with van der Waals surface area (Å²) in [6, 6.07) is 3.75. The van der Waals surface area contributed by atoms with E-state index in [0.29, 0.717) is 17.2 Å². The predicted molar refractivity (Wildman–Crippen MR) is 59.2 cm³/mol. The van der Waals surface area contributed by atoms with E-state index >= 15 is 0 Å². The molecule has 0 aromatic heterocycles. The molecule has 0 bridgehead atoms. The van der Waals surface area contributed by atoms with Crippen LogP contribution >= 0.6 is 0 Å². The van der Waals surface area contributed by atoms with Gasteiger partial charge in [0.1, 0.15) is 0 Å². The first-order chi connectivity index (χ1) is 7.60. The maximum atomic E-state index is 9.39. The van der Waals surface area contributed by atoms with Gasteiger partial charge in [-0.2, -0.15) is 0 Å². The number of aliphatic hydroxyl groups excluding tert-OH is 1.